The van der Waals surface area contributed by atoms with Gasteiger partial charge in [-0.15, -0.1) is 12.6 Å². The summed E-state index contributed by atoms with van der Waals surface area (Å²) in [4.78, 5) is 0.864. The molecule has 0 radical (unpaired) electrons. The van der Waals surface area contributed by atoms with E-state index < -0.39 is 0 Å². The molecule has 0 spiro atoms. The first-order chi connectivity index (χ1) is 7.22. The van der Waals surface area contributed by atoms with E-state index >= 15 is 0 Å². The van der Waals surface area contributed by atoms with Crippen LogP contribution in [0.3, 0.4) is 0 Å². The summed E-state index contributed by atoms with van der Waals surface area (Å²) in [6.45, 7) is 2.27. The fourth-order valence-electron chi connectivity index (χ4n) is 1.35. The SMILES string of the molecule is CCCCC1CC1.Oc1ccc(S)cc1. The van der Waals surface area contributed by atoms with Crippen molar-refractivity contribution in [1.82, 2.24) is 0 Å². The molecule has 1 fully saturated rings. The second-order valence-corrected chi connectivity index (χ2v) is 4.62. The second kappa shape index (κ2) is 6.78. The Kier molecular flexibility index (Phi) is 5.62. The summed E-state index contributed by atoms with van der Waals surface area (Å²) in [6.07, 6.45) is 7.41. The number of hydrogen-bond acceptors (Lipinski definition) is 2. The number of thiol groups is 1. The van der Waals surface area contributed by atoms with Gasteiger partial charge in [-0.25, -0.2) is 0 Å². The lowest BCUT2D eigenvalue weighted by Gasteiger charge is -1.88. The monoisotopic (exact) mass is 224 g/mol. The van der Waals surface area contributed by atoms with Gasteiger partial charge in [0.1, 0.15) is 5.75 Å². The summed E-state index contributed by atoms with van der Waals surface area (Å²) in [5, 5.41) is 8.72. The van der Waals surface area contributed by atoms with E-state index in [1.54, 1.807) is 24.3 Å². The van der Waals surface area contributed by atoms with Crippen molar-refractivity contribution in [3.8, 4) is 5.75 Å². The van der Waals surface area contributed by atoms with Crippen LogP contribution in [0.1, 0.15) is 39.0 Å². The lowest BCUT2D eigenvalue weighted by atomic mass is 10.2. The number of unbranched alkanes of at least 4 members (excludes halogenated alkanes) is 1. The Bertz CT molecular complexity index is 243. The van der Waals surface area contributed by atoms with Gasteiger partial charge in [0.05, 0.1) is 0 Å². The molecule has 0 aromatic heterocycles. The number of hydrogen-bond donors (Lipinski definition) is 2. The average molecular weight is 224 g/mol. The molecular weight excluding hydrogens is 204 g/mol. The molecule has 84 valence electrons. The molecule has 1 aromatic rings. The van der Waals surface area contributed by atoms with Crippen LogP contribution in [0, 0.1) is 5.92 Å². The van der Waals surface area contributed by atoms with Crippen LogP contribution in [0.2, 0.25) is 0 Å². The Morgan fingerprint density at radius 3 is 2.27 bits per heavy atom. The highest BCUT2D eigenvalue weighted by Gasteiger charge is 2.19. The lowest BCUT2D eigenvalue weighted by molar-refractivity contribution is 0.475. The van der Waals surface area contributed by atoms with Gasteiger partial charge >= 0.3 is 0 Å². The minimum absolute atomic E-state index is 0.280. The molecule has 0 unspecified atom stereocenters. The zero-order chi connectivity index (χ0) is 11.1. The van der Waals surface area contributed by atoms with Crippen LogP contribution in [-0.4, -0.2) is 5.11 Å². The maximum atomic E-state index is 8.72. The molecule has 0 amide bonds. The number of phenols is 1. The Morgan fingerprint density at radius 2 is 1.87 bits per heavy atom. The third-order valence-electron chi connectivity index (χ3n) is 2.51. The van der Waals surface area contributed by atoms with E-state index in [4.69, 9.17) is 5.11 Å². The standard InChI is InChI=1S/C7H14.C6H6OS/c1-2-3-4-7-5-6-7;7-5-1-3-6(8)4-2-5/h7H,2-6H2,1H3;1-4,7-8H. The van der Waals surface area contributed by atoms with Crippen LogP contribution >= 0.6 is 12.6 Å². The third-order valence-corrected chi connectivity index (χ3v) is 2.81. The lowest BCUT2D eigenvalue weighted by Crippen LogP contribution is -1.72. The molecule has 1 aliphatic carbocycles. The molecule has 0 heterocycles. The minimum atomic E-state index is 0.280. The van der Waals surface area contributed by atoms with E-state index in [1.807, 2.05) is 0 Å². The van der Waals surface area contributed by atoms with Gasteiger partial charge in [-0.1, -0.05) is 39.0 Å². The Labute approximate surface area is 97.9 Å². The number of rotatable bonds is 3. The highest BCUT2D eigenvalue weighted by atomic mass is 32.1. The van der Waals surface area contributed by atoms with Gasteiger partial charge in [-0.2, -0.15) is 0 Å². The Balaban J connectivity index is 0.000000151. The van der Waals surface area contributed by atoms with E-state index in [2.05, 4.69) is 19.6 Å². The van der Waals surface area contributed by atoms with Crippen molar-refractivity contribution in [2.45, 2.75) is 43.9 Å². The number of aromatic hydroxyl groups is 1. The van der Waals surface area contributed by atoms with Gasteiger partial charge in [0.2, 0.25) is 0 Å². The largest absolute Gasteiger partial charge is 0.508 e. The molecule has 1 N–H and O–H groups in total. The summed E-state index contributed by atoms with van der Waals surface area (Å²) in [6, 6.07) is 6.67. The summed E-state index contributed by atoms with van der Waals surface area (Å²) in [7, 11) is 0. The van der Waals surface area contributed by atoms with Crippen molar-refractivity contribution < 1.29 is 5.11 Å². The van der Waals surface area contributed by atoms with E-state index in [0.29, 0.717) is 0 Å². The first kappa shape index (κ1) is 12.4. The van der Waals surface area contributed by atoms with E-state index in [0.717, 1.165) is 10.8 Å². The van der Waals surface area contributed by atoms with Crippen molar-refractivity contribution in [3.63, 3.8) is 0 Å². The fraction of sp³-hybridized carbons (Fsp3) is 0.538. The smallest absolute Gasteiger partial charge is 0.115 e. The van der Waals surface area contributed by atoms with Crippen LogP contribution in [0.5, 0.6) is 5.75 Å². The van der Waals surface area contributed by atoms with Crippen molar-refractivity contribution in [3.05, 3.63) is 24.3 Å². The van der Waals surface area contributed by atoms with Crippen LogP contribution in [0.25, 0.3) is 0 Å². The van der Waals surface area contributed by atoms with Gasteiger partial charge in [0, 0.05) is 4.90 Å². The summed E-state index contributed by atoms with van der Waals surface area (Å²) < 4.78 is 0. The molecule has 0 saturated heterocycles. The van der Waals surface area contributed by atoms with Gasteiger partial charge in [-0.3, -0.25) is 0 Å². The molecule has 1 aromatic carbocycles. The maximum absolute atomic E-state index is 8.72. The Morgan fingerprint density at radius 1 is 1.27 bits per heavy atom. The molecule has 1 saturated carbocycles. The van der Waals surface area contributed by atoms with Crippen LogP contribution in [-0.2, 0) is 0 Å². The van der Waals surface area contributed by atoms with E-state index in [1.165, 1.54) is 32.1 Å². The van der Waals surface area contributed by atoms with Gasteiger partial charge in [0.25, 0.3) is 0 Å². The second-order valence-electron chi connectivity index (χ2n) is 4.10. The van der Waals surface area contributed by atoms with Gasteiger partial charge in [0.15, 0.2) is 0 Å². The molecule has 1 nitrogen and oxygen atoms in total. The highest BCUT2D eigenvalue weighted by molar-refractivity contribution is 7.80. The zero-order valence-corrected chi connectivity index (χ0v) is 10.2. The summed E-state index contributed by atoms with van der Waals surface area (Å²) in [5.41, 5.74) is 0. The van der Waals surface area contributed by atoms with Gasteiger partial charge < -0.3 is 5.11 Å². The fourth-order valence-corrected chi connectivity index (χ4v) is 1.50. The normalized spacial score (nSPS) is 14.3. The van der Waals surface area contributed by atoms with Crippen molar-refractivity contribution in [1.29, 1.82) is 0 Å². The molecule has 15 heavy (non-hydrogen) atoms. The predicted molar refractivity (Wildman–Crippen MR) is 67.6 cm³/mol. The van der Waals surface area contributed by atoms with E-state index in [9.17, 15) is 0 Å². The number of phenolic OH excluding ortho intramolecular Hbond substituents is 1. The number of benzene rings is 1. The summed E-state index contributed by atoms with van der Waals surface area (Å²) in [5.74, 6) is 1.43. The maximum Gasteiger partial charge on any atom is 0.115 e. The van der Waals surface area contributed by atoms with Crippen LogP contribution in [0.15, 0.2) is 29.2 Å². The predicted octanol–water partition coefficient (Wildman–Crippen LogP) is 4.27. The first-order valence-electron chi connectivity index (χ1n) is 5.70. The molecule has 2 rings (SSSR count). The summed E-state index contributed by atoms with van der Waals surface area (Å²) >= 11 is 4.02. The topological polar surface area (TPSA) is 20.2 Å². The molecule has 0 bridgehead atoms. The van der Waals surface area contributed by atoms with Crippen LogP contribution < -0.4 is 0 Å². The van der Waals surface area contributed by atoms with Crippen molar-refractivity contribution in [2.75, 3.05) is 0 Å². The molecule has 2 heteroatoms. The zero-order valence-electron chi connectivity index (χ0n) is 9.32. The molecule has 1 aliphatic rings. The first-order valence-corrected chi connectivity index (χ1v) is 6.15. The van der Waals surface area contributed by atoms with Gasteiger partial charge in [-0.05, 0) is 30.2 Å². The van der Waals surface area contributed by atoms with Crippen LogP contribution in [0.4, 0.5) is 0 Å². The van der Waals surface area contributed by atoms with Crippen molar-refractivity contribution >= 4 is 12.6 Å². The van der Waals surface area contributed by atoms with Crippen molar-refractivity contribution in [2.24, 2.45) is 5.92 Å². The Hall–Kier alpha value is -0.630. The average Bonchev–Trinajstić information content (AvgIpc) is 3.04. The third kappa shape index (κ3) is 6.45. The molecule has 0 atom stereocenters. The quantitative estimate of drug-likeness (QED) is 0.735. The highest BCUT2D eigenvalue weighted by Crippen LogP contribution is 2.33. The molecule has 0 aliphatic heterocycles. The molecular formula is C13H20OS. The van der Waals surface area contributed by atoms with E-state index in [-0.39, 0.29) is 5.75 Å². The minimum Gasteiger partial charge on any atom is -0.508 e.